The minimum absolute atomic E-state index is 0.314. The van der Waals surface area contributed by atoms with E-state index in [1.54, 1.807) is 7.11 Å². The SMILES string of the molecule is CNCc1ccc(Cl)cc1N(C)C(C)COC. The Morgan fingerprint density at radius 3 is 2.76 bits per heavy atom. The van der Waals surface area contributed by atoms with Crippen LogP contribution in [0.1, 0.15) is 12.5 Å². The van der Waals surface area contributed by atoms with Crippen LogP contribution in [0, 0.1) is 0 Å². The molecule has 0 aliphatic heterocycles. The predicted molar refractivity (Wildman–Crippen MR) is 74.0 cm³/mol. The molecule has 0 aliphatic carbocycles. The maximum atomic E-state index is 6.06. The third-order valence-electron chi connectivity index (χ3n) is 2.86. The Labute approximate surface area is 109 Å². The number of benzene rings is 1. The molecule has 0 heterocycles. The molecule has 0 saturated carbocycles. The van der Waals surface area contributed by atoms with Crippen LogP contribution in [-0.2, 0) is 11.3 Å². The molecule has 1 aromatic rings. The molecule has 1 aromatic carbocycles. The number of nitrogens with zero attached hydrogens (tertiary/aromatic N) is 1. The molecule has 17 heavy (non-hydrogen) atoms. The fourth-order valence-electron chi connectivity index (χ4n) is 1.80. The summed E-state index contributed by atoms with van der Waals surface area (Å²) in [5.74, 6) is 0. The zero-order valence-corrected chi connectivity index (χ0v) is 11.7. The monoisotopic (exact) mass is 256 g/mol. The highest BCUT2D eigenvalue weighted by Gasteiger charge is 2.13. The Morgan fingerprint density at radius 2 is 2.18 bits per heavy atom. The van der Waals surface area contributed by atoms with Crippen LogP contribution in [0.4, 0.5) is 5.69 Å². The van der Waals surface area contributed by atoms with Crippen molar-refractivity contribution in [1.29, 1.82) is 0 Å². The van der Waals surface area contributed by atoms with Crippen molar-refractivity contribution in [2.45, 2.75) is 19.5 Å². The number of likely N-dealkylation sites (N-methyl/N-ethyl adjacent to an activating group) is 1. The first-order valence-electron chi connectivity index (χ1n) is 5.75. The Balaban J connectivity index is 2.96. The maximum absolute atomic E-state index is 6.06. The first-order chi connectivity index (χ1) is 8.10. The number of halogens is 1. The van der Waals surface area contributed by atoms with Gasteiger partial charge in [0.1, 0.15) is 0 Å². The van der Waals surface area contributed by atoms with Gasteiger partial charge in [0.25, 0.3) is 0 Å². The van der Waals surface area contributed by atoms with Crippen molar-refractivity contribution in [3.63, 3.8) is 0 Å². The van der Waals surface area contributed by atoms with Crippen LogP contribution < -0.4 is 10.2 Å². The second kappa shape index (κ2) is 6.84. The molecule has 1 unspecified atom stereocenters. The van der Waals surface area contributed by atoms with Gasteiger partial charge in [0, 0.05) is 37.5 Å². The molecule has 1 N–H and O–H groups in total. The van der Waals surface area contributed by atoms with Crippen LogP contribution in [0.3, 0.4) is 0 Å². The Morgan fingerprint density at radius 1 is 1.47 bits per heavy atom. The molecule has 1 rings (SSSR count). The summed E-state index contributed by atoms with van der Waals surface area (Å²) in [4.78, 5) is 2.20. The van der Waals surface area contributed by atoms with E-state index < -0.39 is 0 Å². The van der Waals surface area contributed by atoms with E-state index in [9.17, 15) is 0 Å². The lowest BCUT2D eigenvalue weighted by molar-refractivity contribution is 0.183. The third kappa shape index (κ3) is 3.87. The fourth-order valence-corrected chi connectivity index (χ4v) is 1.96. The third-order valence-corrected chi connectivity index (χ3v) is 3.10. The number of anilines is 1. The van der Waals surface area contributed by atoms with Gasteiger partial charge in [-0.25, -0.2) is 0 Å². The van der Waals surface area contributed by atoms with Gasteiger partial charge in [-0.2, -0.15) is 0 Å². The largest absolute Gasteiger partial charge is 0.383 e. The molecule has 0 aromatic heterocycles. The molecule has 0 saturated heterocycles. The summed E-state index contributed by atoms with van der Waals surface area (Å²) in [6, 6.07) is 6.30. The zero-order valence-electron chi connectivity index (χ0n) is 11.0. The van der Waals surface area contributed by atoms with Gasteiger partial charge in [0.05, 0.1) is 6.61 Å². The molecule has 0 fully saturated rings. The summed E-state index contributed by atoms with van der Waals surface area (Å²) in [5.41, 5.74) is 2.39. The number of hydrogen-bond donors (Lipinski definition) is 1. The van der Waals surface area contributed by atoms with E-state index in [2.05, 4.69) is 30.3 Å². The number of nitrogens with one attached hydrogen (secondary N) is 1. The second-order valence-electron chi connectivity index (χ2n) is 4.22. The fraction of sp³-hybridized carbons (Fsp3) is 0.538. The lowest BCUT2D eigenvalue weighted by Gasteiger charge is -2.28. The van der Waals surface area contributed by atoms with Gasteiger partial charge < -0.3 is 15.0 Å². The van der Waals surface area contributed by atoms with E-state index in [0.717, 1.165) is 17.3 Å². The van der Waals surface area contributed by atoms with Crippen LogP contribution in [0.2, 0.25) is 5.02 Å². The maximum Gasteiger partial charge on any atom is 0.0663 e. The Hall–Kier alpha value is -0.770. The number of ether oxygens (including phenoxy) is 1. The summed E-state index contributed by atoms with van der Waals surface area (Å²) < 4.78 is 5.19. The summed E-state index contributed by atoms with van der Waals surface area (Å²) >= 11 is 6.06. The minimum atomic E-state index is 0.314. The van der Waals surface area contributed by atoms with Crippen molar-refractivity contribution in [3.05, 3.63) is 28.8 Å². The summed E-state index contributed by atoms with van der Waals surface area (Å²) in [7, 11) is 5.72. The van der Waals surface area contributed by atoms with Crippen LogP contribution >= 0.6 is 11.6 Å². The second-order valence-corrected chi connectivity index (χ2v) is 4.66. The first-order valence-corrected chi connectivity index (χ1v) is 6.12. The Bertz CT molecular complexity index is 357. The van der Waals surface area contributed by atoms with E-state index in [0.29, 0.717) is 12.6 Å². The molecule has 0 amide bonds. The lowest BCUT2D eigenvalue weighted by atomic mass is 10.1. The highest BCUT2D eigenvalue weighted by molar-refractivity contribution is 6.30. The van der Waals surface area contributed by atoms with E-state index in [4.69, 9.17) is 16.3 Å². The molecule has 1 atom stereocenters. The lowest BCUT2D eigenvalue weighted by Crippen LogP contribution is -2.33. The van der Waals surface area contributed by atoms with Crippen molar-refractivity contribution in [3.8, 4) is 0 Å². The highest BCUT2D eigenvalue weighted by Crippen LogP contribution is 2.25. The molecule has 0 aliphatic rings. The highest BCUT2D eigenvalue weighted by atomic mass is 35.5. The average molecular weight is 257 g/mol. The van der Waals surface area contributed by atoms with E-state index >= 15 is 0 Å². The zero-order chi connectivity index (χ0) is 12.8. The Kier molecular flexibility index (Phi) is 5.75. The summed E-state index contributed by atoms with van der Waals surface area (Å²) in [6.45, 7) is 3.66. The van der Waals surface area contributed by atoms with Crippen molar-refractivity contribution in [2.75, 3.05) is 32.7 Å². The molecule has 0 spiro atoms. The van der Waals surface area contributed by atoms with Crippen LogP contribution in [-0.4, -0.2) is 33.9 Å². The van der Waals surface area contributed by atoms with E-state index in [1.165, 1.54) is 5.56 Å². The van der Waals surface area contributed by atoms with Gasteiger partial charge in [-0.3, -0.25) is 0 Å². The van der Waals surface area contributed by atoms with Crippen molar-refractivity contribution >= 4 is 17.3 Å². The van der Waals surface area contributed by atoms with Crippen molar-refractivity contribution in [1.82, 2.24) is 5.32 Å². The summed E-state index contributed by atoms with van der Waals surface area (Å²) in [6.07, 6.45) is 0. The van der Waals surface area contributed by atoms with Gasteiger partial charge in [-0.05, 0) is 31.7 Å². The molecule has 0 radical (unpaired) electrons. The van der Waals surface area contributed by atoms with Crippen LogP contribution in [0.5, 0.6) is 0 Å². The predicted octanol–water partition coefficient (Wildman–Crippen LogP) is 2.53. The molecular weight excluding hydrogens is 236 g/mol. The molecule has 96 valence electrons. The normalized spacial score (nSPS) is 12.5. The van der Waals surface area contributed by atoms with Gasteiger partial charge >= 0.3 is 0 Å². The van der Waals surface area contributed by atoms with Crippen LogP contribution in [0.15, 0.2) is 18.2 Å². The van der Waals surface area contributed by atoms with Crippen LogP contribution in [0.25, 0.3) is 0 Å². The topological polar surface area (TPSA) is 24.5 Å². The molecule has 4 heteroatoms. The standard InChI is InChI=1S/C13H21ClN2O/c1-10(9-17-4)16(3)13-7-12(14)6-5-11(13)8-15-2/h5-7,10,15H,8-9H2,1-4H3. The minimum Gasteiger partial charge on any atom is -0.383 e. The van der Waals surface area contributed by atoms with Gasteiger partial charge in [0.2, 0.25) is 0 Å². The number of hydrogen-bond acceptors (Lipinski definition) is 3. The van der Waals surface area contributed by atoms with E-state index in [-0.39, 0.29) is 0 Å². The van der Waals surface area contributed by atoms with E-state index in [1.807, 2.05) is 19.2 Å². The molecule has 0 bridgehead atoms. The van der Waals surface area contributed by atoms with Crippen molar-refractivity contribution < 1.29 is 4.74 Å². The van der Waals surface area contributed by atoms with Gasteiger partial charge in [-0.15, -0.1) is 0 Å². The van der Waals surface area contributed by atoms with Gasteiger partial charge in [0.15, 0.2) is 0 Å². The smallest absolute Gasteiger partial charge is 0.0663 e. The number of methoxy groups -OCH3 is 1. The number of rotatable bonds is 6. The molecule has 3 nitrogen and oxygen atoms in total. The van der Waals surface area contributed by atoms with Gasteiger partial charge in [-0.1, -0.05) is 17.7 Å². The van der Waals surface area contributed by atoms with Crippen molar-refractivity contribution in [2.24, 2.45) is 0 Å². The quantitative estimate of drug-likeness (QED) is 0.847. The molecular formula is C13H21ClN2O. The first kappa shape index (κ1) is 14.3. The summed E-state index contributed by atoms with van der Waals surface area (Å²) in [5, 5.41) is 3.93. The average Bonchev–Trinajstić information content (AvgIpc) is 2.31.